The zero-order chi connectivity index (χ0) is 17.5. The van der Waals surface area contributed by atoms with Gasteiger partial charge in [-0.3, -0.25) is 0 Å². The highest BCUT2D eigenvalue weighted by atomic mass is 35.5. The summed E-state index contributed by atoms with van der Waals surface area (Å²) in [5, 5.41) is 3.82. The van der Waals surface area contributed by atoms with Gasteiger partial charge in [-0.15, -0.1) is 13.2 Å². The fourth-order valence-electron chi connectivity index (χ4n) is 2.17. The number of ether oxygens (including phenoxy) is 1. The molecule has 0 saturated heterocycles. The van der Waals surface area contributed by atoms with Crippen LogP contribution >= 0.6 is 23.2 Å². The van der Waals surface area contributed by atoms with Gasteiger partial charge in [-0.1, -0.05) is 23.2 Å². The molecule has 0 atom stereocenters. The molecule has 0 bridgehead atoms. The lowest BCUT2D eigenvalue weighted by atomic mass is 10.3. The standard InChI is InChI=1S/C15H10Cl2F3N3O/c1-23-13-7-11(17)10(16)6-12(13)22-14(23)21-8-2-4-9(5-3-8)24-15(18,19)20/h2-7H,1H3,(H,21,22). The van der Waals surface area contributed by atoms with E-state index in [9.17, 15) is 13.2 Å². The lowest BCUT2D eigenvalue weighted by Gasteiger charge is -2.10. The highest BCUT2D eigenvalue weighted by Crippen LogP contribution is 2.30. The van der Waals surface area contributed by atoms with Crippen LogP contribution in [0, 0.1) is 0 Å². The number of rotatable bonds is 3. The van der Waals surface area contributed by atoms with Crippen molar-refractivity contribution in [3.8, 4) is 5.75 Å². The van der Waals surface area contributed by atoms with Crippen LogP contribution in [-0.2, 0) is 7.05 Å². The molecule has 0 radical (unpaired) electrons. The quantitative estimate of drug-likeness (QED) is 0.654. The van der Waals surface area contributed by atoms with Gasteiger partial charge in [0.25, 0.3) is 0 Å². The molecule has 9 heteroatoms. The second-order valence-corrected chi connectivity index (χ2v) is 5.76. The Morgan fingerprint density at radius 2 is 1.71 bits per heavy atom. The van der Waals surface area contributed by atoms with Gasteiger partial charge in [0.05, 0.1) is 21.1 Å². The number of nitrogens with zero attached hydrogens (tertiary/aromatic N) is 2. The van der Waals surface area contributed by atoms with Gasteiger partial charge in [-0.05, 0) is 36.4 Å². The average Bonchev–Trinajstić information content (AvgIpc) is 2.77. The van der Waals surface area contributed by atoms with E-state index in [2.05, 4.69) is 15.0 Å². The first kappa shape index (κ1) is 16.7. The molecule has 3 rings (SSSR count). The number of aryl methyl sites for hydroxylation is 1. The maximum Gasteiger partial charge on any atom is 0.573 e. The number of nitrogens with one attached hydrogen (secondary N) is 1. The molecule has 0 saturated carbocycles. The monoisotopic (exact) mass is 375 g/mol. The lowest BCUT2D eigenvalue weighted by Crippen LogP contribution is -2.17. The van der Waals surface area contributed by atoms with E-state index in [0.717, 1.165) is 5.52 Å². The van der Waals surface area contributed by atoms with Crippen molar-refractivity contribution < 1.29 is 17.9 Å². The van der Waals surface area contributed by atoms with E-state index in [1.807, 2.05) is 0 Å². The van der Waals surface area contributed by atoms with Crippen LogP contribution in [0.5, 0.6) is 5.75 Å². The zero-order valence-corrected chi connectivity index (χ0v) is 13.7. The van der Waals surface area contributed by atoms with Crippen molar-refractivity contribution in [2.45, 2.75) is 6.36 Å². The summed E-state index contributed by atoms with van der Waals surface area (Å²) in [7, 11) is 1.78. The van der Waals surface area contributed by atoms with Crippen LogP contribution in [0.4, 0.5) is 24.8 Å². The molecule has 0 amide bonds. The minimum Gasteiger partial charge on any atom is -0.406 e. The summed E-state index contributed by atoms with van der Waals surface area (Å²) in [5.74, 6) is 0.199. The largest absolute Gasteiger partial charge is 0.573 e. The minimum absolute atomic E-state index is 0.295. The Labute approximate surface area is 144 Å². The van der Waals surface area contributed by atoms with Crippen LogP contribution < -0.4 is 10.1 Å². The number of imidazole rings is 1. The maximum atomic E-state index is 12.2. The summed E-state index contributed by atoms with van der Waals surface area (Å²) in [6.45, 7) is 0. The van der Waals surface area contributed by atoms with E-state index in [0.29, 0.717) is 27.2 Å². The van der Waals surface area contributed by atoms with Gasteiger partial charge in [0.2, 0.25) is 5.95 Å². The third kappa shape index (κ3) is 3.52. The number of alkyl halides is 3. The third-order valence-corrected chi connectivity index (χ3v) is 3.99. The van der Waals surface area contributed by atoms with E-state index in [1.54, 1.807) is 23.7 Å². The van der Waals surface area contributed by atoms with Gasteiger partial charge < -0.3 is 14.6 Å². The number of hydrogen-bond acceptors (Lipinski definition) is 3. The fourth-order valence-corrected chi connectivity index (χ4v) is 2.48. The number of benzene rings is 2. The summed E-state index contributed by atoms with van der Waals surface area (Å²) in [4.78, 5) is 4.39. The topological polar surface area (TPSA) is 39.1 Å². The maximum absolute atomic E-state index is 12.2. The van der Waals surface area contributed by atoms with Crippen molar-refractivity contribution >= 4 is 45.9 Å². The van der Waals surface area contributed by atoms with Crippen LogP contribution in [-0.4, -0.2) is 15.9 Å². The highest BCUT2D eigenvalue weighted by Gasteiger charge is 2.30. The Hall–Kier alpha value is -2.12. The summed E-state index contributed by atoms with van der Waals surface area (Å²) < 4.78 is 42.0. The molecule has 1 aromatic heterocycles. The molecule has 0 aliphatic carbocycles. The SMILES string of the molecule is Cn1c(Nc2ccc(OC(F)(F)F)cc2)nc2cc(Cl)c(Cl)cc21. The summed E-state index contributed by atoms with van der Waals surface area (Å²) >= 11 is 12.0. The molecule has 0 unspecified atom stereocenters. The fraction of sp³-hybridized carbons (Fsp3) is 0.133. The molecule has 4 nitrogen and oxygen atoms in total. The predicted molar refractivity (Wildman–Crippen MR) is 87.1 cm³/mol. The second-order valence-electron chi connectivity index (χ2n) is 4.95. The lowest BCUT2D eigenvalue weighted by molar-refractivity contribution is -0.274. The van der Waals surface area contributed by atoms with E-state index in [4.69, 9.17) is 23.2 Å². The van der Waals surface area contributed by atoms with Crippen molar-refractivity contribution in [2.75, 3.05) is 5.32 Å². The van der Waals surface area contributed by atoms with E-state index < -0.39 is 6.36 Å². The molecule has 3 aromatic rings. The van der Waals surface area contributed by atoms with Crippen LogP contribution in [0.1, 0.15) is 0 Å². The van der Waals surface area contributed by atoms with E-state index >= 15 is 0 Å². The molecule has 126 valence electrons. The Bertz CT molecular complexity index is 892. The molecule has 24 heavy (non-hydrogen) atoms. The second kappa shape index (κ2) is 6.07. The van der Waals surface area contributed by atoms with Crippen LogP contribution in [0.15, 0.2) is 36.4 Å². The number of fused-ring (bicyclic) bond motifs is 1. The van der Waals surface area contributed by atoms with Crippen molar-refractivity contribution in [2.24, 2.45) is 7.05 Å². The van der Waals surface area contributed by atoms with Crippen LogP contribution in [0.3, 0.4) is 0 Å². The van der Waals surface area contributed by atoms with Gasteiger partial charge >= 0.3 is 6.36 Å². The first-order valence-electron chi connectivity index (χ1n) is 6.67. The van der Waals surface area contributed by atoms with Crippen molar-refractivity contribution in [3.05, 3.63) is 46.4 Å². The van der Waals surface area contributed by atoms with Crippen LogP contribution in [0.25, 0.3) is 11.0 Å². The molecule has 0 spiro atoms. The smallest absolute Gasteiger partial charge is 0.406 e. The highest BCUT2D eigenvalue weighted by molar-refractivity contribution is 6.42. The van der Waals surface area contributed by atoms with Gasteiger partial charge in [-0.2, -0.15) is 0 Å². The van der Waals surface area contributed by atoms with Crippen molar-refractivity contribution in [1.29, 1.82) is 0 Å². The van der Waals surface area contributed by atoms with Gasteiger partial charge in [0.1, 0.15) is 5.75 Å². The summed E-state index contributed by atoms with van der Waals surface area (Å²) in [6.07, 6.45) is -4.72. The molecule has 0 fully saturated rings. The van der Waals surface area contributed by atoms with Crippen molar-refractivity contribution in [1.82, 2.24) is 9.55 Å². The predicted octanol–water partition coefficient (Wildman–Crippen LogP) is 5.52. The number of hydrogen-bond donors (Lipinski definition) is 1. The Morgan fingerprint density at radius 1 is 1.08 bits per heavy atom. The third-order valence-electron chi connectivity index (χ3n) is 3.27. The Balaban J connectivity index is 1.86. The van der Waals surface area contributed by atoms with Crippen molar-refractivity contribution in [3.63, 3.8) is 0 Å². The normalized spacial score (nSPS) is 11.8. The van der Waals surface area contributed by atoms with Crippen LogP contribution in [0.2, 0.25) is 10.0 Å². The number of halogens is 5. The molecular formula is C15H10Cl2F3N3O. The molecule has 2 aromatic carbocycles. The molecule has 0 aliphatic rings. The molecule has 1 N–H and O–H groups in total. The summed E-state index contributed by atoms with van der Waals surface area (Å²) in [5.41, 5.74) is 1.97. The first-order valence-corrected chi connectivity index (χ1v) is 7.43. The van der Waals surface area contributed by atoms with Gasteiger partial charge in [0, 0.05) is 12.7 Å². The Morgan fingerprint density at radius 3 is 2.33 bits per heavy atom. The zero-order valence-electron chi connectivity index (χ0n) is 12.2. The van der Waals surface area contributed by atoms with E-state index in [-0.39, 0.29) is 5.75 Å². The summed E-state index contributed by atoms with van der Waals surface area (Å²) in [6, 6.07) is 8.68. The van der Waals surface area contributed by atoms with E-state index in [1.165, 1.54) is 24.3 Å². The first-order chi connectivity index (χ1) is 11.2. The molecule has 0 aliphatic heterocycles. The molecular weight excluding hydrogens is 366 g/mol. The number of anilines is 2. The average molecular weight is 376 g/mol. The number of aromatic nitrogens is 2. The minimum atomic E-state index is -4.72. The van der Waals surface area contributed by atoms with Gasteiger partial charge in [-0.25, -0.2) is 4.98 Å². The Kier molecular flexibility index (Phi) is 4.23. The molecule has 1 heterocycles. The van der Waals surface area contributed by atoms with Gasteiger partial charge in [0.15, 0.2) is 0 Å².